The van der Waals surface area contributed by atoms with E-state index in [0.717, 1.165) is 11.8 Å². The number of thioether (sulfide) groups is 1. The highest BCUT2D eigenvalue weighted by Gasteiger charge is 2.14. The third-order valence-electron chi connectivity index (χ3n) is 4.77. The first kappa shape index (κ1) is 18.3. The fraction of sp³-hybridized carbons (Fsp3) is 0.391. The van der Waals surface area contributed by atoms with Crippen LogP contribution >= 0.6 is 11.8 Å². The first-order chi connectivity index (χ1) is 12.2. The van der Waals surface area contributed by atoms with Gasteiger partial charge in [-0.3, -0.25) is 0 Å². The van der Waals surface area contributed by atoms with E-state index < -0.39 is 0 Å². The van der Waals surface area contributed by atoms with Crippen LogP contribution in [-0.2, 0) is 0 Å². The first-order valence-electron chi connectivity index (χ1n) is 9.40. The number of nitrogens with zero attached hydrogens (tertiary/aromatic N) is 1. The minimum atomic E-state index is 0.817. The van der Waals surface area contributed by atoms with Gasteiger partial charge in [0.15, 0.2) is 0 Å². The summed E-state index contributed by atoms with van der Waals surface area (Å²) in [5.41, 5.74) is 3.92. The number of rotatable bonds is 6. The maximum Gasteiger partial charge on any atom is 0.0166 e. The topological polar surface area (TPSA) is 3.24 Å². The van der Waals surface area contributed by atoms with Gasteiger partial charge in [-0.25, -0.2) is 0 Å². The second-order valence-corrected chi connectivity index (χ2v) is 8.52. The molecule has 0 N–H and O–H groups in total. The molecule has 2 aromatic carbocycles. The van der Waals surface area contributed by atoms with Crippen LogP contribution in [0.1, 0.15) is 43.2 Å². The van der Waals surface area contributed by atoms with Crippen LogP contribution in [0, 0.1) is 0 Å². The minimum Gasteiger partial charge on any atom is -0.306 e. The Balaban J connectivity index is 1.77. The molecule has 0 aliphatic heterocycles. The third-order valence-corrected chi connectivity index (χ3v) is 6.11. The van der Waals surface area contributed by atoms with Crippen LogP contribution in [0.5, 0.6) is 0 Å². The van der Waals surface area contributed by atoms with Crippen molar-refractivity contribution in [1.29, 1.82) is 0 Å². The van der Waals surface area contributed by atoms with Crippen molar-refractivity contribution in [3.05, 3.63) is 71.8 Å². The predicted molar refractivity (Wildman–Crippen MR) is 111 cm³/mol. The SMILES string of the molecule is CN(C)CC=C(c1ccccc1)c1ccc(SC2CCCCC2)cc1. The molecule has 1 aliphatic carbocycles. The molecule has 0 radical (unpaired) electrons. The molecule has 0 aromatic heterocycles. The molecule has 0 heterocycles. The molecule has 0 saturated heterocycles. The highest BCUT2D eigenvalue weighted by atomic mass is 32.2. The molecule has 132 valence electrons. The summed E-state index contributed by atoms with van der Waals surface area (Å²) in [4.78, 5) is 3.62. The van der Waals surface area contributed by atoms with E-state index >= 15 is 0 Å². The lowest BCUT2D eigenvalue weighted by Crippen LogP contribution is -2.11. The largest absolute Gasteiger partial charge is 0.306 e. The van der Waals surface area contributed by atoms with Crippen LogP contribution in [0.2, 0.25) is 0 Å². The van der Waals surface area contributed by atoms with E-state index in [2.05, 4.69) is 91.4 Å². The van der Waals surface area contributed by atoms with Crippen molar-refractivity contribution < 1.29 is 0 Å². The van der Waals surface area contributed by atoms with Gasteiger partial charge in [-0.15, -0.1) is 11.8 Å². The molecule has 1 fully saturated rings. The highest BCUT2D eigenvalue weighted by molar-refractivity contribution is 8.00. The van der Waals surface area contributed by atoms with Crippen LogP contribution in [0.4, 0.5) is 0 Å². The second-order valence-electron chi connectivity index (χ2n) is 7.15. The molecule has 1 aliphatic rings. The molecular weight excluding hydrogens is 322 g/mol. The fourth-order valence-corrected chi connectivity index (χ4v) is 4.63. The Kier molecular flexibility index (Phi) is 6.77. The van der Waals surface area contributed by atoms with Gasteiger partial charge in [0.05, 0.1) is 0 Å². The van der Waals surface area contributed by atoms with E-state index in [4.69, 9.17) is 0 Å². The van der Waals surface area contributed by atoms with Crippen LogP contribution in [0.3, 0.4) is 0 Å². The van der Waals surface area contributed by atoms with Gasteiger partial charge in [0.25, 0.3) is 0 Å². The van der Waals surface area contributed by atoms with Crippen molar-refractivity contribution in [3.63, 3.8) is 0 Å². The standard InChI is InChI=1S/C23H29NS/c1-24(2)18-17-23(19-9-5-3-6-10-19)20-13-15-22(16-14-20)25-21-11-7-4-8-12-21/h3,5-6,9-10,13-17,21H,4,7-8,11-12,18H2,1-2H3. The van der Waals surface area contributed by atoms with Crippen LogP contribution in [-0.4, -0.2) is 30.8 Å². The molecule has 2 aromatic rings. The zero-order valence-corrected chi connectivity index (χ0v) is 16.3. The van der Waals surface area contributed by atoms with Gasteiger partial charge in [0, 0.05) is 16.7 Å². The minimum absolute atomic E-state index is 0.817. The van der Waals surface area contributed by atoms with Gasteiger partial charge in [0.1, 0.15) is 0 Å². The quantitative estimate of drug-likeness (QED) is 0.618. The number of hydrogen-bond acceptors (Lipinski definition) is 2. The molecule has 3 rings (SSSR count). The second kappa shape index (κ2) is 9.26. The summed E-state index contributed by atoms with van der Waals surface area (Å²) in [7, 11) is 4.23. The summed E-state index contributed by atoms with van der Waals surface area (Å²) < 4.78 is 0. The maximum absolute atomic E-state index is 2.33. The van der Waals surface area contributed by atoms with Crippen molar-refractivity contribution in [2.45, 2.75) is 42.2 Å². The van der Waals surface area contributed by atoms with E-state index in [1.165, 1.54) is 53.7 Å². The van der Waals surface area contributed by atoms with Crippen molar-refractivity contribution in [3.8, 4) is 0 Å². The lowest BCUT2D eigenvalue weighted by atomic mass is 9.97. The summed E-state index contributed by atoms with van der Waals surface area (Å²) in [6.45, 7) is 0.947. The maximum atomic E-state index is 2.33. The Labute approximate surface area is 157 Å². The Hall–Kier alpha value is -1.51. The number of benzene rings is 2. The van der Waals surface area contributed by atoms with Crippen LogP contribution < -0.4 is 0 Å². The van der Waals surface area contributed by atoms with Gasteiger partial charge in [0.2, 0.25) is 0 Å². The zero-order valence-electron chi connectivity index (χ0n) is 15.4. The van der Waals surface area contributed by atoms with Crippen LogP contribution in [0.25, 0.3) is 5.57 Å². The van der Waals surface area contributed by atoms with Crippen molar-refractivity contribution in [1.82, 2.24) is 4.90 Å². The van der Waals surface area contributed by atoms with E-state index in [-0.39, 0.29) is 0 Å². The Morgan fingerprint density at radius 2 is 1.56 bits per heavy atom. The van der Waals surface area contributed by atoms with Gasteiger partial charge in [-0.05, 0) is 55.8 Å². The van der Waals surface area contributed by atoms with Crippen molar-refractivity contribution in [2.75, 3.05) is 20.6 Å². The molecule has 1 saturated carbocycles. The summed E-state index contributed by atoms with van der Waals surface area (Å²) in [5.74, 6) is 0. The van der Waals surface area contributed by atoms with Crippen molar-refractivity contribution >= 4 is 17.3 Å². The average molecular weight is 352 g/mol. The fourth-order valence-electron chi connectivity index (χ4n) is 3.38. The van der Waals surface area contributed by atoms with E-state index in [1.807, 2.05) is 0 Å². The lowest BCUT2D eigenvalue weighted by Gasteiger charge is -2.21. The Morgan fingerprint density at radius 3 is 2.20 bits per heavy atom. The first-order valence-corrected chi connectivity index (χ1v) is 10.3. The predicted octanol–water partition coefficient (Wildman–Crippen LogP) is 6.10. The Bertz CT molecular complexity index is 667. The number of hydrogen-bond donors (Lipinski definition) is 0. The molecule has 0 atom stereocenters. The third kappa shape index (κ3) is 5.49. The normalized spacial score (nSPS) is 16.4. The van der Waals surface area contributed by atoms with E-state index in [9.17, 15) is 0 Å². The van der Waals surface area contributed by atoms with Gasteiger partial charge in [-0.2, -0.15) is 0 Å². The lowest BCUT2D eigenvalue weighted by molar-refractivity contribution is 0.457. The van der Waals surface area contributed by atoms with E-state index in [0.29, 0.717) is 0 Å². The van der Waals surface area contributed by atoms with Crippen LogP contribution in [0.15, 0.2) is 65.6 Å². The van der Waals surface area contributed by atoms with Gasteiger partial charge >= 0.3 is 0 Å². The number of likely N-dealkylation sites (N-methyl/N-ethyl adjacent to an activating group) is 1. The molecule has 0 spiro atoms. The summed E-state index contributed by atoms with van der Waals surface area (Å²) >= 11 is 2.07. The summed E-state index contributed by atoms with van der Waals surface area (Å²) in [6, 6.07) is 19.9. The van der Waals surface area contributed by atoms with E-state index in [1.54, 1.807) is 0 Å². The molecule has 25 heavy (non-hydrogen) atoms. The van der Waals surface area contributed by atoms with Gasteiger partial charge in [-0.1, -0.05) is 67.8 Å². The molecular formula is C23H29NS. The monoisotopic (exact) mass is 351 g/mol. The molecule has 2 heteroatoms. The summed E-state index contributed by atoms with van der Waals surface area (Å²) in [5, 5.41) is 0.817. The van der Waals surface area contributed by atoms with Gasteiger partial charge < -0.3 is 4.90 Å². The summed E-state index contributed by atoms with van der Waals surface area (Å²) in [6.07, 6.45) is 9.32. The average Bonchev–Trinajstić information content (AvgIpc) is 2.65. The molecule has 0 unspecified atom stereocenters. The molecule has 0 bridgehead atoms. The Morgan fingerprint density at radius 1 is 0.920 bits per heavy atom. The smallest absolute Gasteiger partial charge is 0.0166 e. The van der Waals surface area contributed by atoms with Crippen molar-refractivity contribution in [2.24, 2.45) is 0 Å². The highest BCUT2D eigenvalue weighted by Crippen LogP contribution is 2.34. The molecule has 1 nitrogen and oxygen atoms in total. The molecule has 0 amide bonds. The zero-order chi connectivity index (χ0) is 17.5.